The molecule has 3 aromatic rings. The Hall–Kier alpha value is -3.06. The summed E-state index contributed by atoms with van der Waals surface area (Å²) in [4.78, 5) is 0. The van der Waals surface area contributed by atoms with Crippen molar-refractivity contribution in [3.05, 3.63) is 82.9 Å². The van der Waals surface area contributed by atoms with Crippen molar-refractivity contribution in [2.45, 2.75) is 38.2 Å². The van der Waals surface area contributed by atoms with Gasteiger partial charge < -0.3 is 14.6 Å². The molecule has 0 unspecified atom stereocenters. The number of aliphatic hydroxyl groups is 1. The molecule has 7 heteroatoms. The van der Waals surface area contributed by atoms with Gasteiger partial charge in [0, 0.05) is 5.56 Å². The first-order valence-electron chi connectivity index (χ1n) is 11.3. The molecule has 3 nitrogen and oxygen atoms in total. The largest absolute Gasteiger partial charge is 0.494 e. The van der Waals surface area contributed by atoms with Crippen LogP contribution in [0.15, 0.2) is 48.5 Å². The first-order chi connectivity index (χ1) is 16.4. The van der Waals surface area contributed by atoms with Crippen LogP contribution >= 0.6 is 0 Å². The molecule has 1 fully saturated rings. The quantitative estimate of drug-likeness (QED) is 0.385. The highest BCUT2D eigenvalue weighted by Gasteiger charge is 2.27. The summed E-state index contributed by atoms with van der Waals surface area (Å²) < 4.78 is 68.2. The fourth-order valence-corrected chi connectivity index (χ4v) is 4.52. The van der Waals surface area contributed by atoms with Gasteiger partial charge >= 0.3 is 0 Å². The SMILES string of the molecule is COc1ccc(C2CCC(COc3ccc(-c4ccc(CO)cc4)c(F)c3F)CC2)c(F)c1F. The maximum atomic E-state index is 14.7. The molecule has 1 N–H and O–H groups in total. The average molecular weight is 474 g/mol. The Bertz CT molecular complexity index is 1140. The summed E-state index contributed by atoms with van der Waals surface area (Å²) in [5.41, 5.74) is 1.64. The molecule has 180 valence electrons. The summed E-state index contributed by atoms with van der Waals surface area (Å²) in [6.07, 6.45) is 2.71. The van der Waals surface area contributed by atoms with Gasteiger partial charge in [0.05, 0.1) is 20.3 Å². The Morgan fingerprint density at radius 2 is 1.41 bits per heavy atom. The Balaban J connectivity index is 1.36. The second-order valence-electron chi connectivity index (χ2n) is 8.61. The molecule has 0 aliphatic heterocycles. The van der Waals surface area contributed by atoms with Crippen LogP contribution in [0.3, 0.4) is 0 Å². The third-order valence-electron chi connectivity index (χ3n) is 6.55. The standard InChI is InChI=1S/C27H26F4O3/c1-33-22-12-10-20(24(28)26(22)30)19-8-4-17(5-9-19)15-34-23-13-11-21(25(29)27(23)31)18-6-2-16(14-32)3-7-18/h2-3,6-7,10-13,17,19,32H,4-5,8-9,14-15H2,1H3. The van der Waals surface area contributed by atoms with Crippen LogP contribution < -0.4 is 9.47 Å². The van der Waals surface area contributed by atoms with Crippen LogP contribution in [0.25, 0.3) is 11.1 Å². The van der Waals surface area contributed by atoms with Gasteiger partial charge in [0.25, 0.3) is 0 Å². The number of ether oxygens (including phenoxy) is 2. The molecule has 34 heavy (non-hydrogen) atoms. The van der Waals surface area contributed by atoms with Crippen molar-refractivity contribution in [3.63, 3.8) is 0 Å². The predicted octanol–water partition coefficient (Wildman–Crippen LogP) is 6.76. The van der Waals surface area contributed by atoms with E-state index < -0.39 is 23.3 Å². The van der Waals surface area contributed by atoms with E-state index in [1.54, 1.807) is 30.3 Å². The fraction of sp³-hybridized carbons (Fsp3) is 0.333. The van der Waals surface area contributed by atoms with Crippen molar-refractivity contribution in [1.82, 2.24) is 0 Å². The highest BCUT2D eigenvalue weighted by Crippen LogP contribution is 2.39. The minimum absolute atomic E-state index is 0.107. The van der Waals surface area contributed by atoms with Gasteiger partial charge in [-0.2, -0.15) is 8.78 Å². The molecule has 3 aromatic carbocycles. The molecule has 0 atom stereocenters. The second-order valence-corrected chi connectivity index (χ2v) is 8.61. The predicted molar refractivity (Wildman–Crippen MR) is 121 cm³/mol. The van der Waals surface area contributed by atoms with Gasteiger partial charge in [0.1, 0.15) is 0 Å². The van der Waals surface area contributed by atoms with Crippen molar-refractivity contribution in [1.29, 1.82) is 0 Å². The van der Waals surface area contributed by atoms with Crippen molar-refractivity contribution >= 4 is 0 Å². The normalized spacial score (nSPS) is 18.1. The third-order valence-corrected chi connectivity index (χ3v) is 6.55. The van der Waals surface area contributed by atoms with Gasteiger partial charge in [-0.15, -0.1) is 0 Å². The molecule has 0 spiro atoms. The molecule has 0 heterocycles. The Labute approximate surface area is 196 Å². The molecule has 1 saturated carbocycles. The first-order valence-corrected chi connectivity index (χ1v) is 11.3. The van der Waals surface area contributed by atoms with Crippen LogP contribution in [0.4, 0.5) is 17.6 Å². The molecule has 1 aliphatic rings. The van der Waals surface area contributed by atoms with E-state index in [0.29, 0.717) is 42.4 Å². The van der Waals surface area contributed by atoms with Crippen molar-refractivity contribution in [2.75, 3.05) is 13.7 Å². The van der Waals surface area contributed by atoms with Gasteiger partial charge in [0.15, 0.2) is 23.1 Å². The van der Waals surface area contributed by atoms with E-state index in [2.05, 4.69) is 0 Å². The molecule has 0 bridgehead atoms. The van der Waals surface area contributed by atoms with Crippen LogP contribution in [0.5, 0.6) is 11.5 Å². The Morgan fingerprint density at radius 1 is 0.765 bits per heavy atom. The maximum absolute atomic E-state index is 14.7. The Kier molecular flexibility index (Phi) is 7.41. The molecule has 0 saturated heterocycles. The van der Waals surface area contributed by atoms with Gasteiger partial charge in [0.2, 0.25) is 11.6 Å². The number of hydrogen-bond acceptors (Lipinski definition) is 3. The van der Waals surface area contributed by atoms with Crippen molar-refractivity contribution in [2.24, 2.45) is 5.92 Å². The lowest BCUT2D eigenvalue weighted by Crippen LogP contribution is -2.20. The number of benzene rings is 3. The van der Waals surface area contributed by atoms with E-state index >= 15 is 0 Å². The molecular formula is C27H26F4O3. The summed E-state index contributed by atoms with van der Waals surface area (Å²) in [6.45, 7) is 0.0881. The molecule has 1 aliphatic carbocycles. The Morgan fingerprint density at radius 3 is 2.06 bits per heavy atom. The number of rotatable bonds is 7. The van der Waals surface area contributed by atoms with Crippen molar-refractivity contribution < 1.29 is 32.1 Å². The van der Waals surface area contributed by atoms with E-state index in [0.717, 1.165) is 0 Å². The molecule has 4 rings (SSSR count). The summed E-state index contributed by atoms with van der Waals surface area (Å²) in [7, 11) is 1.29. The minimum Gasteiger partial charge on any atom is -0.494 e. The van der Waals surface area contributed by atoms with Crippen LogP contribution in [0.2, 0.25) is 0 Å². The van der Waals surface area contributed by atoms with Gasteiger partial charge in [-0.3, -0.25) is 0 Å². The van der Waals surface area contributed by atoms with Crippen LogP contribution in [-0.2, 0) is 6.61 Å². The van der Waals surface area contributed by atoms with E-state index in [1.807, 2.05) is 0 Å². The summed E-state index contributed by atoms with van der Waals surface area (Å²) in [6, 6.07) is 12.4. The molecule has 0 aromatic heterocycles. The monoisotopic (exact) mass is 474 g/mol. The van der Waals surface area contributed by atoms with Crippen LogP contribution in [-0.4, -0.2) is 18.8 Å². The van der Waals surface area contributed by atoms with Gasteiger partial charge in [-0.25, -0.2) is 8.78 Å². The number of methoxy groups -OCH3 is 1. The fourth-order valence-electron chi connectivity index (χ4n) is 4.52. The zero-order valence-corrected chi connectivity index (χ0v) is 18.8. The lowest BCUT2D eigenvalue weighted by atomic mass is 9.79. The highest BCUT2D eigenvalue weighted by molar-refractivity contribution is 5.65. The summed E-state index contributed by atoms with van der Waals surface area (Å²) in [5.74, 6) is -4.16. The zero-order chi connectivity index (χ0) is 24.2. The zero-order valence-electron chi connectivity index (χ0n) is 18.8. The summed E-state index contributed by atoms with van der Waals surface area (Å²) in [5, 5.41) is 9.13. The lowest BCUT2D eigenvalue weighted by Gasteiger charge is -2.29. The highest BCUT2D eigenvalue weighted by atomic mass is 19.2. The van der Waals surface area contributed by atoms with Crippen molar-refractivity contribution in [3.8, 4) is 22.6 Å². The number of hydrogen-bond donors (Lipinski definition) is 1. The second kappa shape index (κ2) is 10.5. The minimum atomic E-state index is -1.05. The van der Waals surface area contributed by atoms with Crippen LogP contribution in [0.1, 0.15) is 42.7 Å². The smallest absolute Gasteiger partial charge is 0.201 e. The topological polar surface area (TPSA) is 38.7 Å². The average Bonchev–Trinajstić information content (AvgIpc) is 2.87. The van der Waals surface area contributed by atoms with Gasteiger partial charge in [-0.1, -0.05) is 30.3 Å². The number of halogens is 4. The first kappa shape index (κ1) is 24.1. The van der Waals surface area contributed by atoms with Crippen LogP contribution in [0, 0.1) is 29.2 Å². The van der Waals surface area contributed by atoms with E-state index in [-0.39, 0.29) is 42.1 Å². The number of aliphatic hydroxyl groups excluding tert-OH is 1. The third kappa shape index (κ3) is 4.89. The molecule has 0 amide bonds. The molecular weight excluding hydrogens is 448 g/mol. The van der Waals surface area contributed by atoms with E-state index in [1.165, 1.54) is 25.3 Å². The van der Waals surface area contributed by atoms with E-state index in [4.69, 9.17) is 14.6 Å². The van der Waals surface area contributed by atoms with Gasteiger partial charge in [-0.05, 0) is 72.4 Å². The lowest BCUT2D eigenvalue weighted by molar-refractivity contribution is 0.191. The summed E-state index contributed by atoms with van der Waals surface area (Å²) >= 11 is 0. The van der Waals surface area contributed by atoms with E-state index in [9.17, 15) is 17.6 Å². The maximum Gasteiger partial charge on any atom is 0.201 e. The molecule has 0 radical (unpaired) electrons.